The van der Waals surface area contributed by atoms with Crippen LogP contribution in [0.5, 0.6) is 5.75 Å². The number of rotatable bonds is 2. The standard InChI is InChI=1S/C16H15NO2/c18-15-7-3-6-13(10-15)16(19)17-14-8-11-4-1-2-5-12(11)9-14/h1-7,10,14,18H,8-9H2,(H,17,19). The molecule has 0 saturated heterocycles. The first-order valence-corrected chi connectivity index (χ1v) is 6.39. The highest BCUT2D eigenvalue weighted by Crippen LogP contribution is 2.22. The SMILES string of the molecule is O=C(NC1Cc2ccccc2C1)c1cccc(O)c1. The predicted molar refractivity (Wildman–Crippen MR) is 73.2 cm³/mol. The van der Waals surface area contributed by atoms with Gasteiger partial charge in [0.2, 0.25) is 0 Å². The van der Waals surface area contributed by atoms with Crippen molar-refractivity contribution in [2.75, 3.05) is 0 Å². The van der Waals surface area contributed by atoms with E-state index in [2.05, 4.69) is 17.4 Å². The Hall–Kier alpha value is -2.29. The van der Waals surface area contributed by atoms with Crippen molar-refractivity contribution >= 4 is 5.91 Å². The summed E-state index contributed by atoms with van der Waals surface area (Å²) < 4.78 is 0. The summed E-state index contributed by atoms with van der Waals surface area (Å²) in [7, 11) is 0. The van der Waals surface area contributed by atoms with Gasteiger partial charge in [-0.15, -0.1) is 0 Å². The highest BCUT2D eigenvalue weighted by molar-refractivity contribution is 5.94. The number of carbonyl (C=O) groups excluding carboxylic acids is 1. The molecule has 1 aliphatic rings. The zero-order chi connectivity index (χ0) is 13.2. The van der Waals surface area contributed by atoms with Crippen LogP contribution in [0.1, 0.15) is 21.5 Å². The van der Waals surface area contributed by atoms with E-state index >= 15 is 0 Å². The molecule has 0 aliphatic heterocycles. The van der Waals surface area contributed by atoms with E-state index in [0.717, 1.165) is 12.8 Å². The highest BCUT2D eigenvalue weighted by atomic mass is 16.3. The van der Waals surface area contributed by atoms with Crippen molar-refractivity contribution in [2.24, 2.45) is 0 Å². The average Bonchev–Trinajstić information content (AvgIpc) is 2.80. The number of carbonyl (C=O) groups is 1. The molecular formula is C16H15NO2. The summed E-state index contributed by atoms with van der Waals surface area (Å²) in [5.41, 5.74) is 3.11. The van der Waals surface area contributed by atoms with Crippen molar-refractivity contribution in [3.8, 4) is 5.75 Å². The first kappa shape index (κ1) is 11.8. The van der Waals surface area contributed by atoms with E-state index < -0.39 is 0 Å². The van der Waals surface area contributed by atoms with E-state index in [1.165, 1.54) is 17.2 Å². The summed E-state index contributed by atoms with van der Waals surface area (Å²) in [6.07, 6.45) is 1.75. The maximum absolute atomic E-state index is 12.1. The van der Waals surface area contributed by atoms with Gasteiger partial charge in [-0.3, -0.25) is 4.79 Å². The Balaban J connectivity index is 1.69. The smallest absolute Gasteiger partial charge is 0.251 e. The molecular weight excluding hydrogens is 238 g/mol. The Morgan fingerprint density at radius 3 is 2.37 bits per heavy atom. The molecule has 0 unspecified atom stereocenters. The molecule has 19 heavy (non-hydrogen) atoms. The van der Waals surface area contributed by atoms with Crippen molar-refractivity contribution in [2.45, 2.75) is 18.9 Å². The fourth-order valence-electron chi connectivity index (χ4n) is 2.58. The van der Waals surface area contributed by atoms with Crippen molar-refractivity contribution in [1.29, 1.82) is 0 Å². The topological polar surface area (TPSA) is 49.3 Å². The predicted octanol–water partition coefficient (Wildman–Crippen LogP) is 2.29. The second-order valence-corrected chi connectivity index (χ2v) is 4.90. The summed E-state index contributed by atoms with van der Waals surface area (Å²) in [6, 6.07) is 14.8. The Labute approximate surface area is 111 Å². The number of amides is 1. The third-order valence-electron chi connectivity index (χ3n) is 3.49. The third-order valence-corrected chi connectivity index (χ3v) is 3.49. The number of hydrogen-bond acceptors (Lipinski definition) is 2. The van der Waals surface area contributed by atoms with Gasteiger partial charge in [-0.25, -0.2) is 0 Å². The number of fused-ring (bicyclic) bond motifs is 1. The first-order chi connectivity index (χ1) is 9.22. The molecule has 3 heteroatoms. The van der Waals surface area contributed by atoms with Gasteiger partial charge >= 0.3 is 0 Å². The number of hydrogen-bond donors (Lipinski definition) is 2. The summed E-state index contributed by atoms with van der Waals surface area (Å²) in [5, 5.41) is 12.4. The molecule has 0 atom stereocenters. The van der Waals surface area contributed by atoms with Gasteiger partial charge in [-0.05, 0) is 42.2 Å². The van der Waals surface area contributed by atoms with Crippen LogP contribution in [0, 0.1) is 0 Å². The van der Waals surface area contributed by atoms with Crippen LogP contribution >= 0.6 is 0 Å². The van der Waals surface area contributed by atoms with Gasteiger partial charge in [0.1, 0.15) is 5.75 Å². The van der Waals surface area contributed by atoms with Crippen LogP contribution < -0.4 is 5.32 Å². The zero-order valence-corrected chi connectivity index (χ0v) is 10.5. The van der Waals surface area contributed by atoms with Crippen molar-refractivity contribution in [1.82, 2.24) is 5.32 Å². The van der Waals surface area contributed by atoms with Crippen LogP contribution in [0.3, 0.4) is 0 Å². The molecule has 2 aromatic rings. The summed E-state index contributed by atoms with van der Waals surface area (Å²) in [4.78, 5) is 12.1. The third kappa shape index (κ3) is 2.45. The molecule has 1 amide bonds. The van der Waals surface area contributed by atoms with Crippen LogP contribution in [0.25, 0.3) is 0 Å². The molecule has 2 N–H and O–H groups in total. The van der Waals surface area contributed by atoms with Crippen LogP contribution in [0.2, 0.25) is 0 Å². The highest BCUT2D eigenvalue weighted by Gasteiger charge is 2.22. The molecule has 0 radical (unpaired) electrons. The quantitative estimate of drug-likeness (QED) is 0.862. The maximum Gasteiger partial charge on any atom is 0.251 e. The second-order valence-electron chi connectivity index (χ2n) is 4.90. The van der Waals surface area contributed by atoms with Crippen LogP contribution in [0.4, 0.5) is 0 Å². The van der Waals surface area contributed by atoms with E-state index in [9.17, 15) is 9.90 Å². The van der Waals surface area contributed by atoms with E-state index in [-0.39, 0.29) is 17.7 Å². The summed E-state index contributed by atoms with van der Waals surface area (Å²) in [6.45, 7) is 0. The fourth-order valence-corrected chi connectivity index (χ4v) is 2.58. The van der Waals surface area contributed by atoms with Gasteiger partial charge in [0.25, 0.3) is 5.91 Å². The number of phenols is 1. The monoisotopic (exact) mass is 253 g/mol. The summed E-state index contributed by atoms with van der Waals surface area (Å²) in [5.74, 6) is -0.0175. The number of phenolic OH excluding ortho intramolecular Hbond substituents is 1. The van der Waals surface area contributed by atoms with E-state index in [1.54, 1.807) is 18.2 Å². The van der Waals surface area contributed by atoms with Crippen LogP contribution in [-0.2, 0) is 12.8 Å². The lowest BCUT2D eigenvalue weighted by Gasteiger charge is -2.12. The van der Waals surface area contributed by atoms with Gasteiger partial charge in [0.15, 0.2) is 0 Å². The van der Waals surface area contributed by atoms with Gasteiger partial charge in [-0.2, -0.15) is 0 Å². The molecule has 3 nitrogen and oxygen atoms in total. The normalized spacial score (nSPS) is 14.1. The van der Waals surface area contributed by atoms with Crippen LogP contribution in [-0.4, -0.2) is 17.1 Å². The summed E-state index contributed by atoms with van der Waals surface area (Å²) >= 11 is 0. The van der Waals surface area contributed by atoms with Crippen LogP contribution in [0.15, 0.2) is 48.5 Å². The van der Waals surface area contributed by atoms with Gasteiger partial charge in [0.05, 0.1) is 0 Å². The second kappa shape index (κ2) is 4.76. The van der Waals surface area contributed by atoms with Crippen molar-refractivity contribution in [3.63, 3.8) is 0 Å². The van der Waals surface area contributed by atoms with Gasteiger partial charge in [-0.1, -0.05) is 30.3 Å². The zero-order valence-electron chi connectivity index (χ0n) is 10.5. The molecule has 0 fully saturated rings. The molecule has 0 heterocycles. The molecule has 1 aliphatic carbocycles. The Morgan fingerprint density at radius 2 is 1.74 bits per heavy atom. The molecule has 2 aromatic carbocycles. The van der Waals surface area contributed by atoms with Gasteiger partial charge in [0, 0.05) is 11.6 Å². The minimum Gasteiger partial charge on any atom is -0.508 e. The molecule has 0 aromatic heterocycles. The lowest BCUT2D eigenvalue weighted by Crippen LogP contribution is -2.35. The first-order valence-electron chi connectivity index (χ1n) is 6.39. The lowest BCUT2D eigenvalue weighted by molar-refractivity contribution is 0.0938. The average molecular weight is 253 g/mol. The molecule has 0 spiro atoms. The largest absolute Gasteiger partial charge is 0.508 e. The minimum atomic E-state index is -0.131. The number of benzene rings is 2. The van der Waals surface area contributed by atoms with Crippen molar-refractivity contribution < 1.29 is 9.90 Å². The van der Waals surface area contributed by atoms with E-state index in [0.29, 0.717) is 5.56 Å². The van der Waals surface area contributed by atoms with E-state index in [4.69, 9.17) is 0 Å². The fraction of sp³-hybridized carbons (Fsp3) is 0.188. The maximum atomic E-state index is 12.1. The molecule has 96 valence electrons. The molecule has 3 rings (SSSR count). The van der Waals surface area contributed by atoms with E-state index in [1.807, 2.05) is 12.1 Å². The Kier molecular flexibility index (Phi) is 2.95. The number of aromatic hydroxyl groups is 1. The molecule has 0 bridgehead atoms. The van der Waals surface area contributed by atoms with Crippen molar-refractivity contribution in [3.05, 3.63) is 65.2 Å². The lowest BCUT2D eigenvalue weighted by atomic mass is 10.1. The number of nitrogens with one attached hydrogen (secondary N) is 1. The Bertz CT molecular complexity index is 597. The molecule has 0 saturated carbocycles. The van der Waals surface area contributed by atoms with Gasteiger partial charge < -0.3 is 10.4 Å². The Morgan fingerprint density at radius 1 is 1.05 bits per heavy atom. The minimum absolute atomic E-state index is 0.113.